The van der Waals surface area contributed by atoms with E-state index < -0.39 is 0 Å². The molecule has 0 bridgehead atoms. The molecule has 1 N–H and O–H groups in total. The fraction of sp³-hybridized carbons (Fsp3) is 0.933. The second kappa shape index (κ2) is 14.1. The number of carbonyl (C=O) groups excluding carboxylic acids is 2. The summed E-state index contributed by atoms with van der Waals surface area (Å²) in [5.41, 5.74) is -0.0798. The van der Waals surface area contributed by atoms with Gasteiger partial charge in [-0.05, 0) is 83.5 Å². The molecular formula is C30H54O4. The second-order valence-electron chi connectivity index (χ2n) is 12.8. The van der Waals surface area contributed by atoms with Crippen molar-refractivity contribution in [2.75, 3.05) is 13.7 Å². The van der Waals surface area contributed by atoms with Crippen LogP contribution in [0.4, 0.5) is 0 Å². The van der Waals surface area contributed by atoms with E-state index in [0.29, 0.717) is 11.6 Å². The third-order valence-electron chi connectivity index (χ3n) is 8.90. The van der Waals surface area contributed by atoms with Crippen molar-refractivity contribution in [2.45, 2.75) is 136 Å². The van der Waals surface area contributed by atoms with Crippen molar-refractivity contribution >= 4 is 11.6 Å². The Bertz CT molecular complexity index is 569. The van der Waals surface area contributed by atoms with Gasteiger partial charge in [0.1, 0.15) is 11.6 Å². The highest BCUT2D eigenvalue weighted by molar-refractivity contribution is 5.85. The summed E-state index contributed by atoms with van der Waals surface area (Å²) >= 11 is 0. The summed E-state index contributed by atoms with van der Waals surface area (Å²) in [5.74, 6) is 1.79. The van der Waals surface area contributed by atoms with Crippen LogP contribution in [0.15, 0.2) is 0 Å². The van der Waals surface area contributed by atoms with Crippen molar-refractivity contribution in [1.29, 1.82) is 0 Å². The van der Waals surface area contributed by atoms with Crippen LogP contribution in [0.3, 0.4) is 0 Å². The molecule has 0 saturated heterocycles. The van der Waals surface area contributed by atoms with E-state index in [1.807, 2.05) is 0 Å². The Hall–Kier alpha value is -0.740. The number of Topliss-reactive ketones (excluding diaryl/α,β-unsaturated/α-hetero) is 2. The maximum absolute atomic E-state index is 13.1. The summed E-state index contributed by atoms with van der Waals surface area (Å²) in [7, 11) is 1.77. The fourth-order valence-corrected chi connectivity index (χ4v) is 6.12. The number of unbranched alkanes of at least 4 members (excludes halogenated alkanes) is 2. The van der Waals surface area contributed by atoms with Crippen LogP contribution in [0, 0.1) is 29.1 Å². The first kappa shape index (κ1) is 29.5. The number of aliphatic hydroxyl groups excluding tert-OH is 1. The molecule has 2 rings (SSSR count). The molecule has 2 fully saturated rings. The number of hydrogen-bond donors (Lipinski definition) is 1. The number of hydrogen-bond acceptors (Lipinski definition) is 4. The zero-order chi connectivity index (χ0) is 25.2. The molecule has 0 aromatic rings. The summed E-state index contributed by atoms with van der Waals surface area (Å²) in [6.07, 6.45) is 16.8. The molecule has 0 aromatic heterocycles. The quantitative estimate of drug-likeness (QED) is 0.251. The van der Waals surface area contributed by atoms with E-state index in [0.717, 1.165) is 103 Å². The molecule has 4 atom stereocenters. The zero-order valence-corrected chi connectivity index (χ0v) is 23.0. The van der Waals surface area contributed by atoms with Crippen LogP contribution in [0.1, 0.15) is 130 Å². The average molecular weight is 479 g/mol. The molecule has 198 valence electrons. The lowest BCUT2D eigenvalue weighted by atomic mass is 9.72. The third-order valence-corrected chi connectivity index (χ3v) is 8.90. The number of methoxy groups -OCH3 is 1. The molecule has 0 spiro atoms. The smallest absolute Gasteiger partial charge is 0.139 e. The molecule has 0 aromatic carbocycles. The monoisotopic (exact) mass is 478 g/mol. The topological polar surface area (TPSA) is 63.6 Å². The lowest BCUT2D eigenvalue weighted by Gasteiger charge is -2.31. The van der Waals surface area contributed by atoms with Crippen LogP contribution in [0.25, 0.3) is 0 Å². The van der Waals surface area contributed by atoms with E-state index in [2.05, 4.69) is 27.7 Å². The Balaban J connectivity index is 1.72. The van der Waals surface area contributed by atoms with Crippen molar-refractivity contribution in [3.63, 3.8) is 0 Å². The van der Waals surface area contributed by atoms with Gasteiger partial charge in [-0.25, -0.2) is 0 Å². The average Bonchev–Trinajstić information content (AvgIpc) is 2.81. The molecule has 0 amide bonds. The van der Waals surface area contributed by atoms with Crippen LogP contribution >= 0.6 is 0 Å². The molecular weight excluding hydrogens is 424 g/mol. The van der Waals surface area contributed by atoms with Crippen molar-refractivity contribution in [3.8, 4) is 0 Å². The van der Waals surface area contributed by atoms with Gasteiger partial charge in [-0.3, -0.25) is 9.59 Å². The van der Waals surface area contributed by atoms with Crippen LogP contribution in [0.2, 0.25) is 0 Å². The predicted octanol–water partition coefficient (Wildman–Crippen LogP) is 7.30. The summed E-state index contributed by atoms with van der Waals surface area (Å²) < 4.78 is 5.52. The first-order valence-corrected chi connectivity index (χ1v) is 14.3. The van der Waals surface area contributed by atoms with Crippen LogP contribution in [0.5, 0.6) is 0 Å². The Morgan fingerprint density at radius 2 is 1.12 bits per heavy atom. The number of carbonyl (C=O) groups is 2. The minimum atomic E-state index is -0.0699. The normalized spacial score (nSPS) is 26.8. The van der Waals surface area contributed by atoms with Gasteiger partial charge in [-0.2, -0.15) is 0 Å². The maximum atomic E-state index is 13.1. The third kappa shape index (κ3) is 9.72. The first-order chi connectivity index (χ1) is 16.1. The first-order valence-electron chi connectivity index (χ1n) is 14.3. The number of ether oxygens (including phenoxy) is 1. The summed E-state index contributed by atoms with van der Waals surface area (Å²) in [4.78, 5) is 26.3. The highest BCUT2D eigenvalue weighted by Gasteiger charge is 2.34. The van der Waals surface area contributed by atoms with E-state index in [1.165, 1.54) is 0 Å². The summed E-state index contributed by atoms with van der Waals surface area (Å²) in [6.45, 7) is 8.69. The van der Waals surface area contributed by atoms with E-state index >= 15 is 0 Å². The second-order valence-corrected chi connectivity index (χ2v) is 12.8. The summed E-state index contributed by atoms with van der Waals surface area (Å²) in [6, 6.07) is 0. The predicted molar refractivity (Wildman–Crippen MR) is 140 cm³/mol. The number of ketones is 2. The molecule has 0 aliphatic heterocycles. The van der Waals surface area contributed by atoms with Gasteiger partial charge in [0.15, 0.2) is 0 Å². The highest BCUT2D eigenvalue weighted by atomic mass is 16.5. The van der Waals surface area contributed by atoms with E-state index in [-0.39, 0.29) is 41.3 Å². The van der Waals surface area contributed by atoms with Crippen LogP contribution in [-0.4, -0.2) is 36.0 Å². The highest BCUT2D eigenvalue weighted by Crippen LogP contribution is 2.37. The molecule has 2 saturated carbocycles. The minimum Gasteiger partial charge on any atom is -0.396 e. The largest absolute Gasteiger partial charge is 0.396 e. The lowest BCUT2D eigenvalue weighted by molar-refractivity contribution is -0.132. The number of rotatable bonds is 15. The van der Waals surface area contributed by atoms with Gasteiger partial charge in [0.05, 0.1) is 5.60 Å². The molecule has 2 aliphatic carbocycles. The Kier molecular flexibility index (Phi) is 12.2. The van der Waals surface area contributed by atoms with Crippen molar-refractivity contribution in [3.05, 3.63) is 0 Å². The van der Waals surface area contributed by atoms with Crippen LogP contribution < -0.4 is 0 Å². The van der Waals surface area contributed by atoms with Gasteiger partial charge in [-0.15, -0.1) is 0 Å². The Morgan fingerprint density at radius 1 is 0.706 bits per heavy atom. The summed E-state index contributed by atoms with van der Waals surface area (Å²) in [5, 5.41) is 9.43. The van der Waals surface area contributed by atoms with Gasteiger partial charge >= 0.3 is 0 Å². The van der Waals surface area contributed by atoms with E-state index in [1.54, 1.807) is 7.11 Å². The van der Waals surface area contributed by atoms with Crippen molar-refractivity contribution in [1.82, 2.24) is 0 Å². The zero-order valence-electron chi connectivity index (χ0n) is 23.0. The molecule has 2 aliphatic rings. The van der Waals surface area contributed by atoms with Gasteiger partial charge in [0.2, 0.25) is 0 Å². The Labute approximate surface area is 210 Å². The fourth-order valence-electron chi connectivity index (χ4n) is 6.12. The van der Waals surface area contributed by atoms with Gasteiger partial charge in [-0.1, -0.05) is 52.4 Å². The minimum absolute atomic E-state index is 0.00991. The van der Waals surface area contributed by atoms with Crippen LogP contribution in [-0.2, 0) is 14.3 Å². The lowest BCUT2D eigenvalue weighted by Crippen LogP contribution is -2.32. The number of aliphatic hydroxyl groups is 1. The van der Waals surface area contributed by atoms with Crippen molar-refractivity contribution < 1.29 is 19.4 Å². The van der Waals surface area contributed by atoms with Gasteiger partial charge < -0.3 is 9.84 Å². The maximum Gasteiger partial charge on any atom is 0.139 e. The molecule has 4 heteroatoms. The van der Waals surface area contributed by atoms with Gasteiger partial charge in [0.25, 0.3) is 0 Å². The molecule has 0 heterocycles. The van der Waals surface area contributed by atoms with Gasteiger partial charge in [0, 0.05) is 37.4 Å². The molecule has 4 unspecified atom stereocenters. The Morgan fingerprint density at radius 3 is 1.53 bits per heavy atom. The van der Waals surface area contributed by atoms with E-state index in [9.17, 15) is 14.7 Å². The molecule has 4 nitrogen and oxygen atoms in total. The standard InChI is InChI=1S/C30H54O4/c1-29(2,22-31)20-8-6-12-23-14-10-16-25(27(23)32)18-19-26-17-11-15-24(28(26)33)13-7-9-21-30(3,4)34-5/h23-26,31H,6-22H2,1-5H3. The van der Waals surface area contributed by atoms with E-state index in [4.69, 9.17) is 4.74 Å². The molecule has 0 radical (unpaired) electrons. The SMILES string of the molecule is COC(C)(C)CCCCC1CCCC(CCC2CCCC(CCCCC(C)(C)CO)C2=O)C1=O. The molecule has 34 heavy (non-hydrogen) atoms. The van der Waals surface area contributed by atoms with Crippen molar-refractivity contribution in [2.24, 2.45) is 29.1 Å².